The van der Waals surface area contributed by atoms with Crippen LogP contribution in [0.5, 0.6) is 5.75 Å². The van der Waals surface area contributed by atoms with Crippen molar-refractivity contribution in [1.29, 1.82) is 0 Å². The largest absolute Gasteiger partial charge is 0.491 e. The fourth-order valence-corrected chi connectivity index (χ4v) is 3.84. The first-order valence-corrected chi connectivity index (χ1v) is 10.3. The van der Waals surface area contributed by atoms with Crippen molar-refractivity contribution in [2.45, 2.75) is 25.8 Å². The van der Waals surface area contributed by atoms with E-state index in [1.807, 2.05) is 47.5 Å². The first kappa shape index (κ1) is 20.0. The second kappa shape index (κ2) is 8.61. The number of carbonyl (C=O) groups excluding carboxylic acids is 2. The fraction of sp³-hybridized carbons (Fsp3) is 0.333. The minimum atomic E-state index is 0.0874. The van der Waals surface area contributed by atoms with Gasteiger partial charge in [0, 0.05) is 49.7 Å². The molecule has 0 aliphatic carbocycles. The Labute approximate surface area is 176 Å². The molecule has 2 heterocycles. The van der Waals surface area contributed by atoms with Crippen molar-refractivity contribution >= 4 is 22.7 Å². The maximum atomic E-state index is 13.1. The van der Waals surface area contributed by atoms with Crippen LogP contribution in [0.1, 0.15) is 23.1 Å². The van der Waals surface area contributed by atoms with Crippen LogP contribution >= 0.6 is 0 Å². The highest BCUT2D eigenvalue weighted by molar-refractivity contribution is 5.89. The van der Waals surface area contributed by atoms with Crippen molar-refractivity contribution in [2.24, 2.45) is 0 Å². The lowest BCUT2D eigenvalue weighted by Crippen LogP contribution is -2.33. The van der Waals surface area contributed by atoms with E-state index in [9.17, 15) is 9.59 Å². The average molecular weight is 405 g/mol. The van der Waals surface area contributed by atoms with Crippen LogP contribution in [0, 0.1) is 0 Å². The van der Waals surface area contributed by atoms with E-state index in [0.717, 1.165) is 33.3 Å². The van der Waals surface area contributed by atoms with E-state index in [2.05, 4.69) is 11.1 Å². The molecule has 6 nitrogen and oxygen atoms in total. The molecule has 1 aliphatic heterocycles. The molecule has 0 unspecified atom stereocenters. The molecule has 4 rings (SSSR count). The normalized spacial score (nSPS) is 13.5. The predicted molar refractivity (Wildman–Crippen MR) is 116 cm³/mol. The predicted octanol–water partition coefficient (Wildman–Crippen LogP) is 3.15. The van der Waals surface area contributed by atoms with Crippen LogP contribution in [0.2, 0.25) is 0 Å². The minimum Gasteiger partial charge on any atom is -0.491 e. The van der Waals surface area contributed by atoms with Gasteiger partial charge >= 0.3 is 0 Å². The van der Waals surface area contributed by atoms with Gasteiger partial charge in [-0.25, -0.2) is 0 Å². The highest BCUT2D eigenvalue weighted by Crippen LogP contribution is 2.26. The van der Waals surface area contributed by atoms with Gasteiger partial charge in [-0.2, -0.15) is 0 Å². The third-order valence-electron chi connectivity index (χ3n) is 5.60. The summed E-state index contributed by atoms with van der Waals surface area (Å²) in [5.74, 6) is 1.01. The molecule has 3 aromatic rings. The molecule has 0 atom stereocenters. The molecule has 1 aliphatic rings. The number of hydrogen-bond acceptors (Lipinski definition) is 3. The smallest absolute Gasteiger partial charge is 0.227 e. The number of benzene rings is 2. The number of fused-ring (bicyclic) bond motifs is 2. The Morgan fingerprint density at radius 2 is 2.00 bits per heavy atom. The van der Waals surface area contributed by atoms with Gasteiger partial charge in [0.1, 0.15) is 12.4 Å². The highest BCUT2D eigenvalue weighted by Gasteiger charge is 2.21. The summed E-state index contributed by atoms with van der Waals surface area (Å²) in [5.41, 5.74) is 4.13. The van der Waals surface area contributed by atoms with Crippen molar-refractivity contribution in [1.82, 2.24) is 14.8 Å². The van der Waals surface area contributed by atoms with Gasteiger partial charge in [-0.1, -0.05) is 30.3 Å². The fourth-order valence-electron chi connectivity index (χ4n) is 3.84. The molecular weight excluding hydrogens is 378 g/mol. The number of rotatable bonds is 5. The first-order chi connectivity index (χ1) is 14.5. The summed E-state index contributed by atoms with van der Waals surface area (Å²) >= 11 is 0. The van der Waals surface area contributed by atoms with Crippen molar-refractivity contribution in [2.75, 3.05) is 27.2 Å². The molecule has 1 N–H and O–H groups in total. The zero-order chi connectivity index (χ0) is 21.1. The standard InChI is InChI=1S/C24H27N3O3/c1-26(2)23(28)10-8-17-7-9-22-19(13-17)16-27(11-12-30-22)24(29)14-18-15-25-21-6-4-3-5-20(18)21/h3-7,9,13,15,25H,8,10-12,14,16H2,1-2H3. The minimum absolute atomic E-state index is 0.0874. The van der Waals surface area contributed by atoms with E-state index < -0.39 is 0 Å². The summed E-state index contributed by atoms with van der Waals surface area (Å²) in [6, 6.07) is 14.1. The Hall–Kier alpha value is -3.28. The quantitative estimate of drug-likeness (QED) is 0.709. The van der Waals surface area contributed by atoms with Gasteiger partial charge in [0.15, 0.2) is 0 Å². The summed E-state index contributed by atoms with van der Waals surface area (Å²) < 4.78 is 5.88. The molecule has 0 saturated heterocycles. The first-order valence-electron chi connectivity index (χ1n) is 10.3. The summed E-state index contributed by atoms with van der Waals surface area (Å²) in [4.78, 5) is 31.7. The maximum Gasteiger partial charge on any atom is 0.227 e. The molecule has 1 aromatic heterocycles. The second-order valence-corrected chi connectivity index (χ2v) is 7.93. The van der Waals surface area contributed by atoms with Crippen molar-refractivity contribution < 1.29 is 14.3 Å². The Morgan fingerprint density at radius 1 is 1.17 bits per heavy atom. The number of para-hydroxylation sites is 1. The van der Waals surface area contributed by atoms with Crippen LogP contribution < -0.4 is 4.74 Å². The Balaban J connectivity index is 1.47. The van der Waals surface area contributed by atoms with Crippen LogP contribution in [0.4, 0.5) is 0 Å². The molecule has 0 fully saturated rings. The summed E-state index contributed by atoms with van der Waals surface area (Å²) in [5, 5.41) is 1.09. The van der Waals surface area contributed by atoms with E-state index in [1.54, 1.807) is 19.0 Å². The van der Waals surface area contributed by atoms with E-state index in [1.165, 1.54) is 0 Å². The van der Waals surface area contributed by atoms with E-state index >= 15 is 0 Å². The number of nitrogens with zero attached hydrogens (tertiary/aromatic N) is 2. The van der Waals surface area contributed by atoms with Crippen LogP contribution in [-0.2, 0) is 29.0 Å². The lowest BCUT2D eigenvalue weighted by Gasteiger charge is -2.20. The van der Waals surface area contributed by atoms with Crippen molar-refractivity contribution in [3.63, 3.8) is 0 Å². The maximum absolute atomic E-state index is 13.1. The number of H-pyrrole nitrogens is 1. The third-order valence-corrected chi connectivity index (χ3v) is 5.60. The van der Waals surface area contributed by atoms with Gasteiger partial charge in [0.25, 0.3) is 0 Å². The number of carbonyl (C=O) groups is 2. The van der Waals surface area contributed by atoms with Crippen LogP contribution in [0.15, 0.2) is 48.7 Å². The molecule has 2 aromatic carbocycles. The lowest BCUT2D eigenvalue weighted by atomic mass is 10.0. The van der Waals surface area contributed by atoms with Crippen LogP contribution in [-0.4, -0.2) is 53.8 Å². The van der Waals surface area contributed by atoms with E-state index in [-0.39, 0.29) is 11.8 Å². The Bertz CT molecular complexity index is 1070. The summed E-state index contributed by atoms with van der Waals surface area (Å²) in [6.07, 6.45) is 3.42. The van der Waals surface area contributed by atoms with Gasteiger partial charge in [-0.15, -0.1) is 0 Å². The van der Waals surface area contributed by atoms with Gasteiger partial charge < -0.3 is 19.5 Å². The molecule has 0 radical (unpaired) electrons. The molecular formula is C24H27N3O3. The summed E-state index contributed by atoms with van der Waals surface area (Å²) in [6.45, 7) is 1.56. The number of aromatic amines is 1. The second-order valence-electron chi connectivity index (χ2n) is 7.93. The van der Waals surface area contributed by atoms with Crippen molar-refractivity contribution in [3.8, 4) is 5.75 Å². The van der Waals surface area contributed by atoms with Crippen LogP contribution in [0.3, 0.4) is 0 Å². The van der Waals surface area contributed by atoms with E-state index in [4.69, 9.17) is 4.74 Å². The number of aromatic nitrogens is 1. The number of amides is 2. The van der Waals surface area contributed by atoms with Gasteiger partial charge in [-0.3, -0.25) is 9.59 Å². The van der Waals surface area contributed by atoms with Gasteiger partial charge in [0.05, 0.1) is 13.0 Å². The summed E-state index contributed by atoms with van der Waals surface area (Å²) in [7, 11) is 3.54. The molecule has 156 valence electrons. The number of nitrogens with one attached hydrogen (secondary N) is 1. The van der Waals surface area contributed by atoms with Crippen molar-refractivity contribution in [3.05, 3.63) is 65.4 Å². The lowest BCUT2D eigenvalue weighted by molar-refractivity contribution is -0.131. The molecule has 0 spiro atoms. The van der Waals surface area contributed by atoms with E-state index in [0.29, 0.717) is 39.0 Å². The number of ether oxygens (including phenoxy) is 1. The number of hydrogen-bond donors (Lipinski definition) is 1. The zero-order valence-corrected chi connectivity index (χ0v) is 17.5. The van der Waals surface area contributed by atoms with Gasteiger partial charge in [-0.05, 0) is 29.7 Å². The number of aryl methyl sites for hydroxylation is 1. The highest BCUT2D eigenvalue weighted by atomic mass is 16.5. The SMILES string of the molecule is CN(C)C(=O)CCc1ccc2c(c1)CN(C(=O)Cc1c[nH]c3ccccc13)CCO2. The van der Waals surface area contributed by atoms with Gasteiger partial charge in [0.2, 0.25) is 11.8 Å². The Morgan fingerprint density at radius 3 is 2.83 bits per heavy atom. The topological polar surface area (TPSA) is 65.6 Å². The zero-order valence-electron chi connectivity index (χ0n) is 17.5. The molecule has 30 heavy (non-hydrogen) atoms. The molecule has 2 amide bonds. The third kappa shape index (κ3) is 4.32. The molecule has 0 bridgehead atoms. The molecule has 0 saturated carbocycles. The molecule has 6 heteroatoms. The Kier molecular flexibility index (Phi) is 5.74. The average Bonchev–Trinajstić information content (AvgIpc) is 3.02. The monoisotopic (exact) mass is 405 g/mol. The van der Waals surface area contributed by atoms with Crippen LogP contribution in [0.25, 0.3) is 10.9 Å².